The van der Waals surface area contributed by atoms with E-state index in [1.807, 2.05) is 77.1 Å². The molecule has 1 unspecified atom stereocenters. The highest BCUT2D eigenvalue weighted by Gasteiger charge is 2.27. The quantitative estimate of drug-likeness (QED) is 0.735. The van der Waals surface area contributed by atoms with E-state index in [0.29, 0.717) is 12.3 Å². The first-order chi connectivity index (χ1) is 13.7. The topological polar surface area (TPSA) is 58.6 Å². The van der Waals surface area contributed by atoms with Gasteiger partial charge in [0.1, 0.15) is 11.8 Å². The number of nitrogens with zero attached hydrogens (tertiary/aromatic N) is 1. The van der Waals surface area contributed by atoms with Crippen LogP contribution in [0.25, 0.3) is 0 Å². The van der Waals surface area contributed by atoms with Gasteiger partial charge < -0.3 is 15.0 Å². The number of aryl methyl sites for hydroxylation is 2. The predicted octanol–water partition coefficient (Wildman–Crippen LogP) is 3.93. The fourth-order valence-electron chi connectivity index (χ4n) is 3.10. The van der Waals surface area contributed by atoms with Gasteiger partial charge in [0, 0.05) is 12.6 Å². The molecule has 2 aromatic rings. The number of amides is 2. The molecule has 5 nitrogen and oxygen atoms in total. The van der Waals surface area contributed by atoms with Crippen LogP contribution in [-0.4, -0.2) is 35.4 Å². The van der Waals surface area contributed by atoms with Gasteiger partial charge in [-0.1, -0.05) is 42.0 Å². The normalized spacial score (nSPS) is 11.8. The maximum absolute atomic E-state index is 13.1. The van der Waals surface area contributed by atoms with Crippen molar-refractivity contribution in [3.8, 4) is 5.75 Å². The molecule has 0 aliphatic heterocycles. The molecule has 0 radical (unpaired) electrons. The molecule has 2 aromatic carbocycles. The Morgan fingerprint density at radius 3 is 2.38 bits per heavy atom. The van der Waals surface area contributed by atoms with Gasteiger partial charge in [0.25, 0.3) is 5.91 Å². The Morgan fingerprint density at radius 2 is 1.72 bits per heavy atom. The lowest BCUT2D eigenvalue weighted by Crippen LogP contribution is -2.50. The Kier molecular flexibility index (Phi) is 7.82. The number of nitrogens with one attached hydrogen (secondary N) is 1. The number of rotatable bonds is 8. The molecular weight excluding hydrogens is 364 g/mol. The van der Waals surface area contributed by atoms with E-state index in [2.05, 4.69) is 5.32 Å². The van der Waals surface area contributed by atoms with Crippen LogP contribution >= 0.6 is 0 Å². The standard InChI is InChI=1S/C24H32N2O3/c1-16(2)25-24(28)20(6)26(14-21-11-7-9-17(3)13-21)23(27)15-29-22-12-8-10-18(4)19(22)5/h7-13,16,20H,14-15H2,1-6H3,(H,25,28). The molecule has 2 rings (SSSR count). The van der Waals surface area contributed by atoms with Crippen LogP contribution in [0.4, 0.5) is 0 Å². The van der Waals surface area contributed by atoms with Crippen molar-refractivity contribution in [1.82, 2.24) is 10.2 Å². The van der Waals surface area contributed by atoms with E-state index in [1.54, 1.807) is 11.8 Å². The van der Waals surface area contributed by atoms with Gasteiger partial charge in [0.15, 0.2) is 6.61 Å². The monoisotopic (exact) mass is 396 g/mol. The van der Waals surface area contributed by atoms with Crippen molar-refractivity contribution in [3.05, 3.63) is 64.7 Å². The summed E-state index contributed by atoms with van der Waals surface area (Å²) in [5.74, 6) is 0.291. The van der Waals surface area contributed by atoms with Crippen molar-refractivity contribution >= 4 is 11.8 Å². The Hall–Kier alpha value is -2.82. The van der Waals surface area contributed by atoms with Gasteiger partial charge in [-0.25, -0.2) is 0 Å². The fourth-order valence-corrected chi connectivity index (χ4v) is 3.10. The summed E-state index contributed by atoms with van der Waals surface area (Å²) in [6.07, 6.45) is 0. The summed E-state index contributed by atoms with van der Waals surface area (Å²) >= 11 is 0. The maximum atomic E-state index is 13.1. The first-order valence-corrected chi connectivity index (χ1v) is 10.0. The zero-order valence-electron chi connectivity index (χ0n) is 18.3. The second-order valence-electron chi connectivity index (χ2n) is 7.84. The highest BCUT2D eigenvalue weighted by Crippen LogP contribution is 2.21. The van der Waals surface area contributed by atoms with Crippen LogP contribution in [0, 0.1) is 20.8 Å². The molecular formula is C24H32N2O3. The summed E-state index contributed by atoms with van der Waals surface area (Å²) in [5.41, 5.74) is 4.21. The molecule has 0 saturated carbocycles. The Labute approximate surface area is 174 Å². The van der Waals surface area contributed by atoms with Crippen LogP contribution < -0.4 is 10.1 Å². The van der Waals surface area contributed by atoms with Gasteiger partial charge in [0.05, 0.1) is 0 Å². The minimum atomic E-state index is -0.604. The highest BCUT2D eigenvalue weighted by atomic mass is 16.5. The van der Waals surface area contributed by atoms with E-state index in [1.165, 1.54) is 0 Å². The fraction of sp³-hybridized carbons (Fsp3) is 0.417. The van der Waals surface area contributed by atoms with Gasteiger partial charge in [-0.15, -0.1) is 0 Å². The number of ether oxygens (including phenoxy) is 1. The number of carbonyl (C=O) groups is 2. The minimum absolute atomic E-state index is 0.00654. The largest absolute Gasteiger partial charge is 0.483 e. The first-order valence-electron chi connectivity index (χ1n) is 10.0. The number of benzene rings is 2. The van der Waals surface area contributed by atoms with Crippen molar-refractivity contribution < 1.29 is 14.3 Å². The zero-order chi connectivity index (χ0) is 21.6. The van der Waals surface area contributed by atoms with E-state index >= 15 is 0 Å². The van der Waals surface area contributed by atoms with E-state index in [4.69, 9.17) is 4.74 Å². The van der Waals surface area contributed by atoms with Crippen molar-refractivity contribution in [2.75, 3.05) is 6.61 Å². The summed E-state index contributed by atoms with van der Waals surface area (Å²) in [5, 5.41) is 2.89. The Morgan fingerprint density at radius 1 is 1.03 bits per heavy atom. The summed E-state index contributed by atoms with van der Waals surface area (Å²) in [6, 6.07) is 13.1. The number of hydrogen-bond acceptors (Lipinski definition) is 3. The molecule has 0 spiro atoms. The highest BCUT2D eigenvalue weighted by molar-refractivity contribution is 5.88. The van der Waals surface area contributed by atoms with Crippen LogP contribution in [0.5, 0.6) is 5.75 Å². The van der Waals surface area contributed by atoms with Gasteiger partial charge in [-0.2, -0.15) is 0 Å². The molecule has 0 fully saturated rings. The lowest BCUT2D eigenvalue weighted by molar-refractivity contribution is -0.142. The summed E-state index contributed by atoms with van der Waals surface area (Å²) in [7, 11) is 0. The minimum Gasteiger partial charge on any atom is -0.483 e. The molecule has 0 saturated heterocycles. The molecule has 1 atom stereocenters. The number of hydrogen-bond donors (Lipinski definition) is 1. The van der Waals surface area contributed by atoms with E-state index < -0.39 is 6.04 Å². The maximum Gasteiger partial charge on any atom is 0.261 e. The smallest absolute Gasteiger partial charge is 0.261 e. The van der Waals surface area contributed by atoms with Crippen molar-refractivity contribution in [2.24, 2.45) is 0 Å². The first kappa shape index (κ1) is 22.5. The third kappa shape index (κ3) is 6.34. The second-order valence-corrected chi connectivity index (χ2v) is 7.84. The van der Waals surface area contributed by atoms with E-state index in [0.717, 1.165) is 22.3 Å². The van der Waals surface area contributed by atoms with Crippen molar-refractivity contribution in [3.63, 3.8) is 0 Å². The van der Waals surface area contributed by atoms with Crippen LogP contribution in [0.3, 0.4) is 0 Å². The van der Waals surface area contributed by atoms with Crippen LogP contribution in [0.1, 0.15) is 43.0 Å². The van der Waals surface area contributed by atoms with Gasteiger partial charge in [-0.05, 0) is 64.3 Å². The van der Waals surface area contributed by atoms with Gasteiger partial charge in [0.2, 0.25) is 5.91 Å². The third-order valence-electron chi connectivity index (χ3n) is 4.94. The number of carbonyl (C=O) groups excluding carboxylic acids is 2. The lowest BCUT2D eigenvalue weighted by Gasteiger charge is -2.29. The molecule has 0 aliphatic carbocycles. The molecule has 0 bridgehead atoms. The summed E-state index contributed by atoms with van der Waals surface area (Å²) in [6.45, 7) is 11.8. The van der Waals surface area contributed by atoms with E-state index in [-0.39, 0.29) is 24.5 Å². The molecule has 29 heavy (non-hydrogen) atoms. The van der Waals surface area contributed by atoms with Crippen molar-refractivity contribution in [1.29, 1.82) is 0 Å². The average Bonchev–Trinajstić information content (AvgIpc) is 2.66. The van der Waals surface area contributed by atoms with Crippen molar-refractivity contribution in [2.45, 2.75) is 60.2 Å². The zero-order valence-corrected chi connectivity index (χ0v) is 18.3. The van der Waals surface area contributed by atoms with Crippen LogP contribution in [0.2, 0.25) is 0 Å². The molecule has 1 N–H and O–H groups in total. The average molecular weight is 397 g/mol. The molecule has 0 heterocycles. The summed E-state index contributed by atoms with van der Waals surface area (Å²) < 4.78 is 5.81. The van der Waals surface area contributed by atoms with Gasteiger partial charge in [-0.3, -0.25) is 9.59 Å². The molecule has 0 aliphatic rings. The molecule has 2 amide bonds. The van der Waals surface area contributed by atoms with Crippen LogP contribution in [0.15, 0.2) is 42.5 Å². The molecule has 5 heteroatoms. The molecule has 156 valence electrons. The lowest BCUT2D eigenvalue weighted by atomic mass is 10.1. The second kappa shape index (κ2) is 10.1. The SMILES string of the molecule is Cc1cccc(CN(C(=O)COc2cccc(C)c2C)C(C)C(=O)NC(C)C)c1. The van der Waals surface area contributed by atoms with E-state index in [9.17, 15) is 9.59 Å². The molecule has 0 aromatic heterocycles. The third-order valence-corrected chi connectivity index (χ3v) is 4.94. The van der Waals surface area contributed by atoms with Gasteiger partial charge >= 0.3 is 0 Å². The Bertz CT molecular complexity index is 861. The Balaban J connectivity index is 2.19. The predicted molar refractivity (Wildman–Crippen MR) is 116 cm³/mol. The van der Waals surface area contributed by atoms with Crippen LogP contribution in [-0.2, 0) is 16.1 Å². The summed E-state index contributed by atoms with van der Waals surface area (Å²) in [4.78, 5) is 27.2.